The molecule has 0 spiro atoms. The molecule has 42 nitrogen and oxygen atoms in total. The molecule has 4 aromatic carbocycles. The maximum absolute atomic E-state index is 13.9. The first kappa shape index (κ1) is 89.1. The van der Waals surface area contributed by atoms with Gasteiger partial charge in [-0.15, -0.1) is 0 Å². The van der Waals surface area contributed by atoms with Crippen molar-refractivity contribution in [1.82, 2.24) is 75.7 Å². The summed E-state index contributed by atoms with van der Waals surface area (Å²) >= 11 is 0. The molecule has 0 aliphatic rings. The molecule has 0 fully saturated rings. The Hall–Kier alpha value is -13.7. The first-order valence-electron chi connectivity index (χ1n) is 39.0. The molecule has 0 aliphatic carbocycles. The van der Waals surface area contributed by atoms with E-state index in [1.807, 2.05) is 27.7 Å². The Labute approximate surface area is 694 Å². The number of aryl methyl sites for hydroxylation is 12. The van der Waals surface area contributed by atoms with Gasteiger partial charge in [0, 0.05) is 103 Å². The lowest BCUT2D eigenvalue weighted by Gasteiger charge is -2.21. The molecule has 0 radical (unpaired) electrons. The number of aliphatic hydroxyl groups excluding tert-OH is 6. The highest BCUT2D eigenvalue weighted by Crippen LogP contribution is 2.33. The van der Waals surface area contributed by atoms with Crippen molar-refractivity contribution in [3.05, 3.63) is 163 Å². The number of hydrogen-bond acceptors (Lipinski definition) is 22. The molecule has 8 aromatic heterocycles. The molecule has 0 bridgehead atoms. The minimum absolute atomic E-state index is 0.0176. The third kappa shape index (κ3) is 18.0. The van der Waals surface area contributed by atoms with E-state index < -0.39 is 84.8 Å². The van der Waals surface area contributed by atoms with Crippen LogP contribution in [-0.2, 0) is 80.5 Å². The minimum Gasteiger partial charge on any atom is -0.494 e. The molecule has 4 atom stereocenters. The number of carbonyl (C=O) groups is 8. The number of carbonyl (C=O) groups excluding carboxylic acids is 8. The summed E-state index contributed by atoms with van der Waals surface area (Å²) in [5.74, 6) is -4.94. The topological polar surface area (TPSA) is 559 Å². The molecule has 0 aliphatic heterocycles. The second kappa shape index (κ2) is 37.3. The first-order chi connectivity index (χ1) is 58.0. The van der Waals surface area contributed by atoms with E-state index in [-0.39, 0.29) is 143 Å². The fraction of sp³-hybridized carbons (Fsp3) is 0.400. The predicted octanol–water partition coefficient (Wildman–Crippen LogP) is 0.389. The molecule has 122 heavy (non-hydrogen) atoms. The number of primary amides is 4. The van der Waals surface area contributed by atoms with E-state index in [0.29, 0.717) is 93.1 Å². The van der Waals surface area contributed by atoms with Crippen LogP contribution in [0, 0.1) is 27.7 Å². The number of aromatic nitrogens is 16. The van der Waals surface area contributed by atoms with Crippen LogP contribution in [0.25, 0.3) is 44.1 Å². The zero-order valence-corrected chi connectivity index (χ0v) is 70.0. The van der Waals surface area contributed by atoms with Crippen LogP contribution in [0.15, 0.2) is 92.8 Å². The van der Waals surface area contributed by atoms with Gasteiger partial charge in [-0.05, 0) is 128 Å². The highest BCUT2D eigenvalue weighted by Gasteiger charge is 2.32. The molecule has 8 heterocycles. The van der Waals surface area contributed by atoms with E-state index >= 15 is 0 Å². The van der Waals surface area contributed by atoms with Gasteiger partial charge in [-0.1, -0.05) is 0 Å². The van der Waals surface area contributed by atoms with Gasteiger partial charge in [-0.3, -0.25) is 57.1 Å². The fourth-order valence-corrected chi connectivity index (χ4v) is 14.5. The third-order valence-corrected chi connectivity index (χ3v) is 20.5. The molecule has 42 heteroatoms. The van der Waals surface area contributed by atoms with Crippen molar-refractivity contribution in [1.29, 1.82) is 0 Å². The number of aliphatic hydroxyl groups is 6. The highest BCUT2D eigenvalue weighted by molar-refractivity contribution is 6.02. The molecule has 0 unspecified atom stereocenters. The number of fused-ring (bicyclic) bond motifs is 4. The number of ether oxygens (including phenoxy) is 4. The molecule has 14 N–H and O–H groups in total. The second-order valence-electron chi connectivity index (χ2n) is 28.8. The fourth-order valence-electron chi connectivity index (χ4n) is 14.5. The Bertz CT molecular complexity index is 6050. The van der Waals surface area contributed by atoms with Crippen molar-refractivity contribution in [2.75, 3.05) is 40.6 Å². The summed E-state index contributed by atoms with van der Waals surface area (Å²) in [5, 5.41) is 84.3. The van der Waals surface area contributed by atoms with Crippen molar-refractivity contribution >= 4 is 91.4 Å². The van der Waals surface area contributed by atoms with Crippen LogP contribution in [0.4, 0.5) is 0 Å². The highest BCUT2D eigenvalue weighted by atomic mass is 16.5. The number of methoxy groups -OCH3 is 2. The van der Waals surface area contributed by atoms with Gasteiger partial charge in [0.05, 0.1) is 123 Å². The Morgan fingerprint density at radius 3 is 0.770 bits per heavy atom. The lowest BCUT2D eigenvalue weighted by Crippen LogP contribution is -2.40. The Morgan fingerprint density at radius 1 is 0.361 bits per heavy atom. The van der Waals surface area contributed by atoms with Crippen molar-refractivity contribution in [2.45, 2.75) is 145 Å². The number of hydrogen-bond donors (Lipinski definition) is 10. The summed E-state index contributed by atoms with van der Waals surface area (Å²) in [4.78, 5) is 123. The zero-order valence-electron chi connectivity index (χ0n) is 70.0. The first-order valence-corrected chi connectivity index (χ1v) is 39.0. The van der Waals surface area contributed by atoms with E-state index in [1.54, 1.807) is 80.2 Å². The van der Waals surface area contributed by atoms with E-state index in [4.69, 9.17) is 41.9 Å². The normalized spacial score (nSPS) is 13.3. The van der Waals surface area contributed by atoms with E-state index in [0.717, 1.165) is 0 Å². The minimum atomic E-state index is -1.62. The molecule has 648 valence electrons. The van der Waals surface area contributed by atoms with Crippen LogP contribution in [0.1, 0.15) is 147 Å². The van der Waals surface area contributed by atoms with Crippen molar-refractivity contribution < 1.29 is 87.9 Å². The van der Waals surface area contributed by atoms with Gasteiger partial charge in [0.15, 0.2) is 0 Å². The predicted molar refractivity (Wildman–Crippen MR) is 439 cm³/mol. The standard InChI is InChI=1S/2C40H50N12O9/c2*1-8-51-27(13-21(3)45-51)37(58)43-39-47(5)25-15-23(35(41)56)17-31(60-7)33(25)49(39)19-29(54)30(55)20-50-34-26(16-24(36(42)57)18-32(34)61-12-10-11-53)48(6)40(50)44-38(59)28-14-22(4)46-52(28)9-2/h2*13-18,29-30,53-55H,8-12,19-20H2,1-7H3,(H2,41,56)(H2,42,57)/t2*29-,30-/m10/s1. The van der Waals surface area contributed by atoms with Crippen molar-refractivity contribution in [2.24, 2.45) is 71.1 Å². The number of imidazole rings is 4. The maximum atomic E-state index is 13.9. The van der Waals surface area contributed by atoms with Gasteiger partial charge in [0.2, 0.25) is 46.1 Å². The number of nitrogens with zero attached hydrogens (tertiary/aromatic N) is 20. The second-order valence-corrected chi connectivity index (χ2v) is 28.8. The van der Waals surface area contributed by atoms with E-state index in [2.05, 4.69) is 40.4 Å². The quantitative estimate of drug-likeness (QED) is 0.0255. The van der Waals surface area contributed by atoms with Gasteiger partial charge in [-0.2, -0.15) is 40.4 Å². The van der Waals surface area contributed by atoms with Crippen molar-refractivity contribution in [3.63, 3.8) is 0 Å². The molecular formula is C80H100N24O18. The van der Waals surface area contributed by atoms with Crippen LogP contribution in [0.2, 0.25) is 0 Å². The van der Waals surface area contributed by atoms with Gasteiger partial charge < -0.3 is 109 Å². The monoisotopic (exact) mass is 1680 g/mol. The zero-order chi connectivity index (χ0) is 88.9. The summed E-state index contributed by atoms with van der Waals surface area (Å²) in [5.41, 5.74) is 29.2. The van der Waals surface area contributed by atoms with Crippen LogP contribution < -0.4 is 64.4 Å². The average molecular weight is 1690 g/mol. The van der Waals surface area contributed by atoms with Crippen LogP contribution in [-0.4, -0.2) is 219 Å². The molecular weight excluding hydrogens is 1590 g/mol. The Kier molecular flexibility index (Phi) is 27.3. The molecule has 12 rings (SSSR count). The lowest BCUT2D eigenvalue weighted by molar-refractivity contribution is -0.000241. The Morgan fingerprint density at radius 2 is 0.574 bits per heavy atom. The van der Waals surface area contributed by atoms with Crippen molar-refractivity contribution in [3.8, 4) is 23.0 Å². The number of nitrogens with two attached hydrogens (primary N) is 4. The maximum Gasteiger partial charge on any atom is 0.298 e. The average Bonchev–Trinajstić information content (AvgIpc) is 1.61. The summed E-state index contributed by atoms with van der Waals surface area (Å²) < 4.78 is 41.6. The number of amides is 8. The van der Waals surface area contributed by atoms with Gasteiger partial charge in [0.25, 0.3) is 23.6 Å². The van der Waals surface area contributed by atoms with Gasteiger partial charge in [-0.25, -0.2) is 0 Å². The van der Waals surface area contributed by atoms with Crippen LogP contribution in [0.3, 0.4) is 0 Å². The van der Waals surface area contributed by atoms with Crippen LogP contribution in [0.5, 0.6) is 23.0 Å². The largest absolute Gasteiger partial charge is 0.494 e. The molecule has 0 saturated heterocycles. The lowest BCUT2D eigenvalue weighted by atomic mass is 10.1. The molecule has 8 amide bonds. The third-order valence-electron chi connectivity index (χ3n) is 20.5. The van der Waals surface area contributed by atoms with Gasteiger partial charge >= 0.3 is 0 Å². The van der Waals surface area contributed by atoms with E-state index in [1.165, 1.54) is 118 Å². The smallest absolute Gasteiger partial charge is 0.298 e. The number of rotatable bonds is 32. The summed E-state index contributed by atoms with van der Waals surface area (Å²) in [6.07, 6.45) is -5.96. The molecule has 0 saturated carbocycles. The SMILES string of the molecule is CCn1nc(C)cc1C(=O)N=c1n(C)c2cc(C(N)=O)cc(OC)c2n1C[C@@H](O)[C@H](O)Cn1c(=NC(=O)c2cc(C)nn2CC)n(C)c2cc(C(N)=O)cc(OCCCO)c21.CCn1nc(C)cc1C(=O)N=c1n(C)c2cc(C(N)=O)cc(OC)c2n1C[C@H](O)[C@@H](O)Cn1c(=NC(=O)c2cc(C)nn2CC)n(C)c2cc(C(N)=O)cc(OCCCO)c21. The van der Waals surface area contributed by atoms with Crippen LogP contribution >= 0.6 is 0 Å². The molecule has 12 aromatic rings. The van der Waals surface area contributed by atoms with Gasteiger partial charge in [0.1, 0.15) is 67.8 Å². The summed E-state index contributed by atoms with van der Waals surface area (Å²) in [6, 6.07) is 18.1. The summed E-state index contributed by atoms with van der Waals surface area (Å²) in [6.45, 7) is 14.1. The van der Waals surface area contributed by atoms with E-state index in [9.17, 15) is 69.0 Å². The Balaban J connectivity index is 0.000000238. The summed E-state index contributed by atoms with van der Waals surface area (Å²) in [7, 11) is 9.20. The number of benzene rings is 4.